The van der Waals surface area contributed by atoms with Gasteiger partial charge >= 0.3 is 0 Å². The Morgan fingerprint density at radius 3 is 2.81 bits per heavy atom. The highest BCUT2D eigenvalue weighted by molar-refractivity contribution is 5.97. The number of pyridine rings is 1. The number of nitrogens with one attached hydrogen (secondary N) is 1. The van der Waals surface area contributed by atoms with E-state index < -0.39 is 0 Å². The standard InChI is InChI=1S/C17H23N3O/c1-12-5-8-17(11-21,9-6-12)20-15-7-10-19-16-13(15)3-2-4-14(16)18/h2-4,7,10,12,21H,5-6,8-9,11,18H2,1H3,(H,19,20). The topological polar surface area (TPSA) is 71.2 Å². The van der Waals surface area contributed by atoms with Crippen LogP contribution in [0.5, 0.6) is 0 Å². The molecule has 3 rings (SSSR count). The maximum absolute atomic E-state index is 9.91. The SMILES string of the molecule is CC1CCC(CO)(Nc2ccnc3c(N)cccc23)CC1. The molecule has 0 spiro atoms. The maximum atomic E-state index is 9.91. The molecule has 4 nitrogen and oxygen atoms in total. The van der Waals surface area contributed by atoms with Crippen LogP contribution in [-0.4, -0.2) is 22.2 Å². The van der Waals surface area contributed by atoms with E-state index in [1.54, 1.807) is 6.20 Å². The van der Waals surface area contributed by atoms with Gasteiger partial charge in [-0.2, -0.15) is 0 Å². The number of nitrogens with zero attached hydrogens (tertiary/aromatic N) is 1. The van der Waals surface area contributed by atoms with Crippen LogP contribution in [0.1, 0.15) is 32.6 Å². The number of fused-ring (bicyclic) bond motifs is 1. The predicted octanol–water partition coefficient (Wildman–Crippen LogP) is 3.17. The number of aromatic nitrogens is 1. The second kappa shape index (κ2) is 5.53. The van der Waals surface area contributed by atoms with Crippen LogP contribution in [-0.2, 0) is 0 Å². The van der Waals surface area contributed by atoms with Crippen molar-refractivity contribution in [1.82, 2.24) is 4.98 Å². The van der Waals surface area contributed by atoms with Crippen LogP contribution >= 0.6 is 0 Å². The first kappa shape index (κ1) is 14.1. The third kappa shape index (κ3) is 2.68. The Balaban J connectivity index is 1.95. The molecule has 1 aliphatic rings. The zero-order valence-corrected chi connectivity index (χ0v) is 12.5. The third-order valence-electron chi connectivity index (χ3n) is 4.74. The van der Waals surface area contributed by atoms with Crippen molar-refractivity contribution >= 4 is 22.3 Å². The number of nitrogen functional groups attached to an aromatic ring is 1. The van der Waals surface area contributed by atoms with Crippen molar-refractivity contribution in [2.45, 2.75) is 38.1 Å². The van der Waals surface area contributed by atoms with E-state index in [2.05, 4.69) is 17.2 Å². The minimum Gasteiger partial charge on any atom is -0.397 e. The highest BCUT2D eigenvalue weighted by Crippen LogP contribution is 2.36. The van der Waals surface area contributed by atoms with E-state index in [0.29, 0.717) is 5.69 Å². The summed E-state index contributed by atoms with van der Waals surface area (Å²) < 4.78 is 0. The molecule has 0 saturated heterocycles. The molecule has 1 saturated carbocycles. The predicted molar refractivity (Wildman–Crippen MR) is 87.2 cm³/mol. The third-order valence-corrected chi connectivity index (χ3v) is 4.74. The van der Waals surface area contributed by atoms with Crippen molar-refractivity contribution in [1.29, 1.82) is 0 Å². The lowest BCUT2D eigenvalue weighted by Crippen LogP contribution is -2.45. The van der Waals surface area contributed by atoms with Gasteiger partial charge in [-0.25, -0.2) is 0 Å². The summed E-state index contributed by atoms with van der Waals surface area (Å²) in [7, 11) is 0. The van der Waals surface area contributed by atoms with Crippen molar-refractivity contribution in [3.05, 3.63) is 30.5 Å². The van der Waals surface area contributed by atoms with Crippen LogP contribution in [0.25, 0.3) is 10.9 Å². The van der Waals surface area contributed by atoms with Gasteiger partial charge in [-0.15, -0.1) is 0 Å². The van der Waals surface area contributed by atoms with Gasteiger partial charge in [0.25, 0.3) is 0 Å². The van der Waals surface area contributed by atoms with E-state index in [1.165, 1.54) is 0 Å². The molecule has 1 fully saturated rings. The highest BCUT2D eigenvalue weighted by Gasteiger charge is 2.33. The number of hydrogen-bond acceptors (Lipinski definition) is 4. The number of hydrogen-bond donors (Lipinski definition) is 3. The van der Waals surface area contributed by atoms with Gasteiger partial charge in [0.2, 0.25) is 0 Å². The number of aliphatic hydroxyl groups is 1. The van der Waals surface area contributed by atoms with Gasteiger partial charge in [0.1, 0.15) is 0 Å². The first-order valence-corrected chi connectivity index (χ1v) is 7.66. The van der Waals surface area contributed by atoms with Crippen molar-refractivity contribution in [3.63, 3.8) is 0 Å². The number of para-hydroxylation sites is 1. The van der Waals surface area contributed by atoms with Gasteiger partial charge in [-0.05, 0) is 43.7 Å². The van der Waals surface area contributed by atoms with Crippen LogP contribution < -0.4 is 11.1 Å². The molecule has 1 aromatic heterocycles. The Morgan fingerprint density at radius 1 is 1.33 bits per heavy atom. The minimum absolute atomic E-state index is 0.159. The average Bonchev–Trinajstić information content (AvgIpc) is 2.51. The molecule has 21 heavy (non-hydrogen) atoms. The second-order valence-electron chi connectivity index (χ2n) is 6.35. The Bertz CT molecular complexity index is 633. The summed E-state index contributed by atoms with van der Waals surface area (Å²) in [6, 6.07) is 7.80. The summed E-state index contributed by atoms with van der Waals surface area (Å²) in [6.07, 6.45) is 6.07. The Kier molecular flexibility index (Phi) is 3.72. The van der Waals surface area contributed by atoms with Crippen molar-refractivity contribution in [2.24, 2.45) is 5.92 Å². The van der Waals surface area contributed by atoms with Crippen LogP contribution in [0, 0.1) is 5.92 Å². The van der Waals surface area contributed by atoms with Gasteiger partial charge < -0.3 is 16.2 Å². The van der Waals surface area contributed by atoms with E-state index >= 15 is 0 Å². The highest BCUT2D eigenvalue weighted by atomic mass is 16.3. The molecule has 0 atom stereocenters. The van der Waals surface area contributed by atoms with Crippen LogP contribution in [0.3, 0.4) is 0 Å². The van der Waals surface area contributed by atoms with Crippen LogP contribution in [0.2, 0.25) is 0 Å². The fourth-order valence-corrected chi connectivity index (χ4v) is 3.23. The van der Waals surface area contributed by atoms with Crippen LogP contribution in [0.15, 0.2) is 30.5 Å². The summed E-state index contributed by atoms with van der Waals surface area (Å²) in [5.74, 6) is 0.747. The molecule has 2 aromatic rings. The minimum atomic E-state index is -0.217. The van der Waals surface area contributed by atoms with Crippen molar-refractivity contribution in [3.8, 4) is 0 Å². The molecule has 1 aromatic carbocycles. The average molecular weight is 285 g/mol. The molecule has 0 radical (unpaired) electrons. The molecular weight excluding hydrogens is 262 g/mol. The fourth-order valence-electron chi connectivity index (χ4n) is 3.23. The van der Waals surface area contributed by atoms with E-state index in [0.717, 1.165) is 48.2 Å². The number of nitrogens with two attached hydrogens (primary N) is 1. The molecule has 0 aliphatic heterocycles. The molecule has 112 valence electrons. The fraction of sp³-hybridized carbons (Fsp3) is 0.471. The molecule has 4 N–H and O–H groups in total. The van der Waals surface area contributed by atoms with Gasteiger partial charge in [0, 0.05) is 17.3 Å². The van der Waals surface area contributed by atoms with E-state index in [4.69, 9.17) is 5.73 Å². The Morgan fingerprint density at radius 2 is 2.10 bits per heavy atom. The van der Waals surface area contributed by atoms with E-state index in [9.17, 15) is 5.11 Å². The molecule has 1 heterocycles. The first-order valence-electron chi connectivity index (χ1n) is 7.66. The first-order chi connectivity index (χ1) is 10.1. The number of rotatable bonds is 3. The zero-order chi connectivity index (χ0) is 14.9. The largest absolute Gasteiger partial charge is 0.397 e. The van der Waals surface area contributed by atoms with Gasteiger partial charge in [0.05, 0.1) is 23.3 Å². The number of benzene rings is 1. The number of anilines is 2. The molecule has 1 aliphatic carbocycles. The number of aliphatic hydroxyl groups excluding tert-OH is 1. The summed E-state index contributed by atoms with van der Waals surface area (Å²) in [5, 5.41) is 14.5. The van der Waals surface area contributed by atoms with E-state index in [-0.39, 0.29) is 12.1 Å². The Hall–Kier alpha value is -1.81. The van der Waals surface area contributed by atoms with Gasteiger partial charge in [0.15, 0.2) is 0 Å². The smallest absolute Gasteiger partial charge is 0.0951 e. The lowest BCUT2D eigenvalue weighted by Gasteiger charge is -2.39. The summed E-state index contributed by atoms with van der Waals surface area (Å²) in [4.78, 5) is 4.37. The van der Waals surface area contributed by atoms with Gasteiger partial charge in [-0.1, -0.05) is 19.1 Å². The maximum Gasteiger partial charge on any atom is 0.0951 e. The second-order valence-corrected chi connectivity index (χ2v) is 6.35. The normalized spacial score (nSPS) is 25.9. The zero-order valence-electron chi connectivity index (χ0n) is 12.5. The molecule has 4 heteroatoms. The van der Waals surface area contributed by atoms with E-state index in [1.807, 2.05) is 24.3 Å². The molecule has 0 bridgehead atoms. The molecular formula is C17H23N3O. The quantitative estimate of drug-likeness (QED) is 0.757. The van der Waals surface area contributed by atoms with Crippen molar-refractivity contribution < 1.29 is 5.11 Å². The Labute approximate surface area is 125 Å². The summed E-state index contributed by atoms with van der Waals surface area (Å²) in [6.45, 7) is 2.44. The lowest BCUT2D eigenvalue weighted by atomic mass is 9.77. The molecule has 0 unspecified atom stereocenters. The van der Waals surface area contributed by atoms with Gasteiger partial charge in [-0.3, -0.25) is 4.98 Å². The summed E-state index contributed by atoms with van der Waals surface area (Å²) >= 11 is 0. The summed E-state index contributed by atoms with van der Waals surface area (Å²) in [5.41, 5.74) is 8.30. The van der Waals surface area contributed by atoms with Crippen molar-refractivity contribution in [2.75, 3.05) is 17.7 Å². The molecule has 0 amide bonds. The monoisotopic (exact) mass is 285 g/mol. The van der Waals surface area contributed by atoms with Crippen LogP contribution in [0.4, 0.5) is 11.4 Å². The lowest BCUT2D eigenvalue weighted by molar-refractivity contribution is 0.155.